The highest BCUT2D eigenvalue weighted by Crippen LogP contribution is 2.12. The number of thioether (sulfide) groups is 1. The van der Waals surface area contributed by atoms with Gasteiger partial charge in [0.2, 0.25) is 0 Å². The molecule has 0 unspecified atom stereocenters. The van der Waals surface area contributed by atoms with Gasteiger partial charge in [0, 0.05) is 50.5 Å². The van der Waals surface area contributed by atoms with Crippen LogP contribution >= 0.6 is 11.8 Å². The van der Waals surface area contributed by atoms with Crippen LogP contribution in [0, 0.1) is 0 Å². The molecule has 0 bridgehead atoms. The monoisotopic (exact) mass is 257 g/mol. The molecule has 1 rings (SSSR count). The molecular weight excluding hydrogens is 238 g/mol. The average Bonchev–Trinajstić information content (AvgIpc) is 2.37. The second-order valence-electron chi connectivity index (χ2n) is 3.47. The number of nitrogens with zero attached hydrogens (tertiary/aromatic N) is 2. The predicted molar refractivity (Wildman–Crippen MR) is 68.0 cm³/mol. The summed E-state index contributed by atoms with van der Waals surface area (Å²) in [6, 6.07) is 0. The van der Waals surface area contributed by atoms with E-state index in [0.717, 1.165) is 36.0 Å². The van der Waals surface area contributed by atoms with Crippen molar-refractivity contribution in [1.29, 1.82) is 0 Å². The lowest BCUT2D eigenvalue weighted by molar-refractivity contribution is 0.199. The van der Waals surface area contributed by atoms with Gasteiger partial charge in [-0.15, -0.1) is 0 Å². The van der Waals surface area contributed by atoms with Gasteiger partial charge in [0.15, 0.2) is 5.16 Å². The maximum absolute atomic E-state index is 8.66. The molecule has 0 aliphatic rings. The number of methoxy groups -OCH3 is 1. The molecule has 1 heterocycles. The van der Waals surface area contributed by atoms with E-state index in [4.69, 9.17) is 9.84 Å². The zero-order valence-electron chi connectivity index (χ0n) is 10.1. The number of aliphatic hydroxyl groups excluding tert-OH is 1. The lowest BCUT2D eigenvalue weighted by Gasteiger charge is -2.04. The number of hydrogen-bond acceptors (Lipinski definition) is 6. The highest BCUT2D eigenvalue weighted by molar-refractivity contribution is 7.99. The normalized spacial score (nSPS) is 10.7. The third-order valence-corrected chi connectivity index (χ3v) is 2.99. The van der Waals surface area contributed by atoms with Gasteiger partial charge in [0.1, 0.15) is 0 Å². The first-order valence-electron chi connectivity index (χ1n) is 5.61. The zero-order valence-corrected chi connectivity index (χ0v) is 10.9. The largest absolute Gasteiger partial charge is 0.396 e. The van der Waals surface area contributed by atoms with Gasteiger partial charge in [-0.05, 0) is 6.42 Å². The van der Waals surface area contributed by atoms with E-state index >= 15 is 0 Å². The summed E-state index contributed by atoms with van der Waals surface area (Å²) in [6.45, 7) is 2.50. The fourth-order valence-electron chi connectivity index (χ4n) is 1.14. The van der Waals surface area contributed by atoms with Crippen LogP contribution in [-0.4, -0.2) is 47.7 Å². The summed E-state index contributed by atoms with van der Waals surface area (Å²) >= 11 is 1.56. The van der Waals surface area contributed by atoms with Crippen LogP contribution in [0.1, 0.15) is 12.0 Å². The maximum Gasteiger partial charge on any atom is 0.187 e. The van der Waals surface area contributed by atoms with Gasteiger partial charge in [-0.3, -0.25) is 0 Å². The lowest BCUT2D eigenvalue weighted by atomic mass is 10.3. The van der Waals surface area contributed by atoms with Gasteiger partial charge >= 0.3 is 0 Å². The fourth-order valence-corrected chi connectivity index (χ4v) is 1.85. The molecule has 0 spiro atoms. The van der Waals surface area contributed by atoms with Crippen LogP contribution in [0.5, 0.6) is 0 Å². The molecule has 6 heteroatoms. The van der Waals surface area contributed by atoms with Crippen molar-refractivity contribution in [3.63, 3.8) is 0 Å². The molecule has 0 amide bonds. The van der Waals surface area contributed by atoms with Crippen LogP contribution in [0.4, 0.5) is 0 Å². The first-order chi connectivity index (χ1) is 8.36. The second-order valence-corrected chi connectivity index (χ2v) is 4.53. The Morgan fingerprint density at radius 3 is 2.82 bits per heavy atom. The van der Waals surface area contributed by atoms with Crippen molar-refractivity contribution in [2.45, 2.75) is 18.1 Å². The summed E-state index contributed by atoms with van der Waals surface area (Å²) < 4.78 is 4.94. The molecule has 0 atom stereocenters. The van der Waals surface area contributed by atoms with E-state index in [2.05, 4.69) is 15.3 Å². The number of aromatic nitrogens is 2. The van der Waals surface area contributed by atoms with E-state index in [1.54, 1.807) is 18.9 Å². The second kappa shape index (κ2) is 9.35. The summed E-state index contributed by atoms with van der Waals surface area (Å²) in [5, 5.41) is 12.6. The first kappa shape index (κ1) is 14.4. The highest BCUT2D eigenvalue weighted by atomic mass is 32.2. The van der Waals surface area contributed by atoms with E-state index in [9.17, 15) is 0 Å². The SMILES string of the molecule is COCCNCc1cnc(SCCCO)nc1. The predicted octanol–water partition coefficient (Wildman–Crippen LogP) is 0.687. The van der Waals surface area contributed by atoms with Crippen LogP contribution in [-0.2, 0) is 11.3 Å². The van der Waals surface area contributed by atoms with Gasteiger partial charge < -0.3 is 15.2 Å². The highest BCUT2D eigenvalue weighted by Gasteiger charge is 1.98. The molecule has 0 saturated heterocycles. The third-order valence-electron chi connectivity index (χ3n) is 2.03. The molecule has 0 aliphatic carbocycles. The van der Waals surface area contributed by atoms with Gasteiger partial charge in [0.05, 0.1) is 6.61 Å². The quantitative estimate of drug-likeness (QED) is 0.385. The fraction of sp³-hybridized carbons (Fsp3) is 0.636. The van der Waals surface area contributed by atoms with Gasteiger partial charge in [-0.1, -0.05) is 11.8 Å². The van der Waals surface area contributed by atoms with Crippen molar-refractivity contribution in [3.05, 3.63) is 18.0 Å². The van der Waals surface area contributed by atoms with Crippen molar-refractivity contribution in [3.8, 4) is 0 Å². The molecule has 0 fully saturated rings. The first-order valence-corrected chi connectivity index (χ1v) is 6.59. The molecule has 1 aromatic heterocycles. The van der Waals surface area contributed by atoms with Crippen LogP contribution in [0.3, 0.4) is 0 Å². The van der Waals surface area contributed by atoms with Gasteiger partial charge in [0.25, 0.3) is 0 Å². The van der Waals surface area contributed by atoms with Crippen LogP contribution in [0.15, 0.2) is 17.6 Å². The summed E-state index contributed by atoms with van der Waals surface area (Å²) in [5.74, 6) is 0.849. The maximum atomic E-state index is 8.66. The van der Waals surface area contributed by atoms with Gasteiger partial charge in [-0.2, -0.15) is 0 Å². The molecule has 0 aromatic carbocycles. The van der Waals surface area contributed by atoms with E-state index in [-0.39, 0.29) is 6.61 Å². The van der Waals surface area contributed by atoms with Crippen LogP contribution in [0.25, 0.3) is 0 Å². The van der Waals surface area contributed by atoms with Crippen LogP contribution in [0.2, 0.25) is 0 Å². The average molecular weight is 257 g/mol. The number of ether oxygens (including phenoxy) is 1. The van der Waals surface area contributed by atoms with Crippen molar-refractivity contribution >= 4 is 11.8 Å². The smallest absolute Gasteiger partial charge is 0.187 e. The van der Waals surface area contributed by atoms with Crippen molar-refractivity contribution < 1.29 is 9.84 Å². The summed E-state index contributed by atoms with van der Waals surface area (Å²) in [7, 11) is 1.68. The summed E-state index contributed by atoms with van der Waals surface area (Å²) in [5.41, 5.74) is 1.06. The summed E-state index contributed by atoms with van der Waals surface area (Å²) in [6.07, 6.45) is 4.43. The van der Waals surface area contributed by atoms with Crippen molar-refractivity contribution in [2.75, 3.05) is 32.6 Å². The topological polar surface area (TPSA) is 67.3 Å². The van der Waals surface area contributed by atoms with E-state index in [1.807, 2.05) is 12.4 Å². The van der Waals surface area contributed by atoms with Gasteiger partial charge in [-0.25, -0.2) is 9.97 Å². The molecule has 0 radical (unpaired) electrons. The molecule has 2 N–H and O–H groups in total. The molecule has 5 nitrogen and oxygen atoms in total. The van der Waals surface area contributed by atoms with Crippen molar-refractivity contribution in [2.24, 2.45) is 0 Å². The van der Waals surface area contributed by atoms with Crippen LogP contribution < -0.4 is 5.32 Å². The minimum absolute atomic E-state index is 0.217. The number of nitrogens with one attached hydrogen (secondary N) is 1. The number of rotatable bonds is 9. The molecular formula is C11H19N3O2S. The Hall–Kier alpha value is -0.690. The Morgan fingerprint density at radius 2 is 2.18 bits per heavy atom. The molecule has 17 heavy (non-hydrogen) atoms. The Labute approximate surface area is 106 Å². The van der Waals surface area contributed by atoms with E-state index in [1.165, 1.54) is 0 Å². The summed E-state index contributed by atoms with van der Waals surface area (Å²) in [4.78, 5) is 8.50. The number of aliphatic hydroxyl groups is 1. The minimum atomic E-state index is 0.217. The lowest BCUT2D eigenvalue weighted by Crippen LogP contribution is -2.18. The molecule has 96 valence electrons. The standard InChI is InChI=1S/C11H19N3O2S/c1-16-5-3-12-7-10-8-13-11(14-9-10)17-6-2-4-15/h8-9,12,15H,2-7H2,1H3. The molecule has 0 saturated carbocycles. The van der Waals surface area contributed by atoms with Crippen molar-refractivity contribution in [1.82, 2.24) is 15.3 Å². The zero-order chi connectivity index (χ0) is 12.3. The number of hydrogen-bond donors (Lipinski definition) is 2. The Kier molecular flexibility index (Phi) is 7.91. The minimum Gasteiger partial charge on any atom is -0.396 e. The van der Waals surface area contributed by atoms with E-state index in [0.29, 0.717) is 6.61 Å². The Balaban J connectivity index is 2.24. The Bertz CT molecular complexity index is 295. The Morgan fingerprint density at radius 1 is 1.41 bits per heavy atom. The van der Waals surface area contributed by atoms with E-state index < -0.39 is 0 Å². The molecule has 1 aromatic rings. The third kappa shape index (κ3) is 6.58. The molecule has 0 aliphatic heterocycles.